The number of H-pyrrole nitrogens is 1. The highest BCUT2D eigenvalue weighted by Crippen LogP contribution is 2.06. The van der Waals surface area contributed by atoms with Crippen molar-refractivity contribution in [3.05, 3.63) is 11.8 Å². The number of carbonyl (C=O) groups is 1. The van der Waals surface area contributed by atoms with Gasteiger partial charge in [0.2, 0.25) is 5.88 Å². The van der Waals surface area contributed by atoms with Gasteiger partial charge in [-0.2, -0.15) is 0 Å². The summed E-state index contributed by atoms with van der Waals surface area (Å²) in [5, 5.41) is 8.59. The number of carbonyl (C=O) groups excluding carboxylic acids is 1. The van der Waals surface area contributed by atoms with Crippen molar-refractivity contribution in [3.8, 4) is 5.88 Å². The third-order valence-corrected chi connectivity index (χ3v) is 1.23. The summed E-state index contributed by atoms with van der Waals surface area (Å²) in [6, 6.07) is 1.56. The first-order chi connectivity index (χ1) is 5.76. The zero-order chi connectivity index (χ0) is 8.97. The van der Waals surface area contributed by atoms with Crippen molar-refractivity contribution in [1.82, 2.24) is 15.5 Å². The summed E-state index contributed by atoms with van der Waals surface area (Å²) in [7, 11) is 1.47. The van der Waals surface area contributed by atoms with E-state index in [4.69, 9.17) is 10.5 Å². The van der Waals surface area contributed by atoms with E-state index in [0.29, 0.717) is 12.2 Å². The number of nitrogens with zero attached hydrogens (tertiary/aromatic N) is 1. The summed E-state index contributed by atoms with van der Waals surface area (Å²) in [4.78, 5) is 10.7. The summed E-state index contributed by atoms with van der Waals surface area (Å²) in [5.41, 5.74) is 6.02. The lowest BCUT2D eigenvalue weighted by Crippen LogP contribution is -2.22. The van der Waals surface area contributed by atoms with Crippen molar-refractivity contribution in [2.45, 2.75) is 6.54 Å². The molecule has 1 aromatic heterocycles. The molecule has 0 saturated heterocycles. The zero-order valence-corrected chi connectivity index (χ0v) is 6.63. The molecule has 0 aliphatic heterocycles. The van der Waals surface area contributed by atoms with Gasteiger partial charge in [-0.1, -0.05) is 0 Å². The molecule has 0 unspecified atom stereocenters. The van der Waals surface area contributed by atoms with E-state index in [1.54, 1.807) is 6.07 Å². The van der Waals surface area contributed by atoms with Crippen LogP contribution in [0, 0.1) is 0 Å². The van der Waals surface area contributed by atoms with Crippen LogP contribution in [0.5, 0.6) is 5.88 Å². The molecule has 0 spiro atoms. The Morgan fingerprint density at radius 2 is 2.67 bits per heavy atom. The third kappa shape index (κ3) is 1.96. The summed E-state index contributed by atoms with van der Waals surface area (Å²) in [5.74, 6) is 0.217. The second kappa shape index (κ2) is 3.72. The van der Waals surface area contributed by atoms with Gasteiger partial charge in [0.25, 0.3) is 0 Å². The van der Waals surface area contributed by atoms with E-state index in [1.165, 1.54) is 7.05 Å². The number of aromatic nitrogens is 2. The van der Waals surface area contributed by atoms with Gasteiger partial charge in [-0.15, -0.1) is 5.10 Å². The Labute approximate surface area is 69.1 Å². The first kappa shape index (κ1) is 8.54. The lowest BCUT2D eigenvalue weighted by molar-refractivity contribution is 0.201. The van der Waals surface area contributed by atoms with E-state index in [1.807, 2.05) is 0 Å². The largest absolute Gasteiger partial charge is 0.413 e. The van der Waals surface area contributed by atoms with Gasteiger partial charge in [0.05, 0.1) is 5.69 Å². The van der Waals surface area contributed by atoms with E-state index in [9.17, 15) is 4.79 Å². The molecule has 4 N–H and O–H groups in total. The van der Waals surface area contributed by atoms with Gasteiger partial charge in [0.1, 0.15) is 0 Å². The lowest BCUT2D eigenvalue weighted by Gasteiger charge is -1.96. The van der Waals surface area contributed by atoms with Crippen LogP contribution in [0.25, 0.3) is 0 Å². The van der Waals surface area contributed by atoms with Crippen LogP contribution in [0.2, 0.25) is 0 Å². The highest BCUT2D eigenvalue weighted by molar-refractivity contribution is 5.69. The van der Waals surface area contributed by atoms with Crippen LogP contribution in [-0.2, 0) is 6.54 Å². The Bertz CT molecular complexity index is 270. The van der Waals surface area contributed by atoms with Gasteiger partial charge < -0.3 is 15.8 Å². The highest BCUT2D eigenvalue weighted by Gasteiger charge is 2.04. The van der Waals surface area contributed by atoms with Gasteiger partial charge in [-0.05, 0) is 0 Å². The second-order valence-corrected chi connectivity index (χ2v) is 2.08. The molecule has 6 heteroatoms. The quantitative estimate of drug-likeness (QED) is 0.562. The van der Waals surface area contributed by atoms with Crippen LogP contribution in [0.1, 0.15) is 5.69 Å². The van der Waals surface area contributed by atoms with E-state index in [-0.39, 0.29) is 5.88 Å². The number of aromatic amines is 1. The summed E-state index contributed by atoms with van der Waals surface area (Å²) in [6.07, 6.45) is -0.551. The maximum Gasteiger partial charge on any atom is 0.413 e. The molecule has 0 aliphatic rings. The van der Waals surface area contributed by atoms with E-state index in [0.717, 1.165) is 0 Å². The maximum atomic E-state index is 10.7. The Morgan fingerprint density at radius 1 is 1.92 bits per heavy atom. The number of amides is 1. The van der Waals surface area contributed by atoms with Crippen LogP contribution in [-0.4, -0.2) is 23.3 Å². The first-order valence-electron chi connectivity index (χ1n) is 3.40. The van der Waals surface area contributed by atoms with Crippen molar-refractivity contribution >= 4 is 6.09 Å². The number of ether oxygens (including phenoxy) is 1. The number of hydrogen-bond acceptors (Lipinski definition) is 4. The topological polar surface area (TPSA) is 93.0 Å². The fourth-order valence-corrected chi connectivity index (χ4v) is 0.643. The molecule has 0 bridgehead atoms. The van der Waals surface area contributed by atoms with Crippen LogP contribution >= 0.6 is 0 Å². The van der Waals surface area contributed by atoms with Gasteiger partial charge in [-0.3, -0.25) is 5.10 Å². The molecular weight excluding hydrogens is 160 g/mol. The molecule has 0 atom stereocenters. The average molecular weight is 170 g/mol. The fraction of sp³-hybridized carbons (Fsp3) is 0.333. The summed E-state index contributed by atoms with van der Waals surface area (Å²) in [6.45, 7) is 0.337. The second-order valence-electron chi connectivity index (χ2n) is 2.08. The van der Waals surface area contributed by atoms with Gasteiger partial charge >= 0.3 is 6.09 Å². The SMILES string of the molecule is CNC(=O)Oc1cc(CN)[nH]n1. The minimum Gasteiger partial charge on any atom is -0.390 e. The van der Waals surface area contributed by atoms with E-state index >= 15 is 0 Å². The van der Waals surface area contributed by atoms with Crippen LogP contribution in [0.4, 0.5) is 4.79 Å². The molecule has 0 fully saturated rings. The molecule has 0 aromatic carbocycles. The summed E-state index contributed by atoms with van der Waals surface area (Å²) < 4.78 is 4.70. The smallest absolute Gasteiger partial charge is 0.390 e. The molecule has 6 nitrogen and oxygen atoms in total. The fourth-order valence-electron chi connectivity index (χ4n) is 0.643. The molecule has 0 aliphatic carbocycles. The van der Waals surface area contributed by atoms with Crippen molar-refractivity contribution < 1.29 is 9.53 Å². The Hall–Kier alpha value is -1.56. The van der Waals surface area contributed by atoms with Crippen LogP contribution in [0.15, 0.2) is 6.07 Å². The number of nitrogens with one attached hydrogen (secondary N) is 2. The number of rotatable bonds is 2. The predicted molar refractivity (Wildman–Crippen MR) is 41.6 cm³/mol. The zero-order valence-electron chi connectivity index (χ0n) is 6.63. The molecule has 0 radical (unpaired) electrons. The number of hydrogen-bond donors (Lipinski definition) is 3. The van der Waals surface area contributed by atoms with Crippen LogP contribution < -0.4 is 15.8 Å². The Kier molecular flexibility index (Phi) is 2.65. The number of nitrogens with two attached hydrogens (primary N) is 1. The van der Waals surface area contributed by atoms with E-state index < -0.39 is 6.09 Å². The van der Waals surface area contributed by atoms with Crippen molar-refractivity contribution in [2.75, 3.05) is 7.05 Å². The molecule has 12 heavy (non-hydrogen) atoms. The molecule has 1 aromatic rings. The van der Waals surface area contributed by atoms with Gasteiger partial charge in [-0.25, -0.2) is 4.79 Å². The molecule has 0 saturated carbocycles. The first-order valence-corrected chi connectivity index (χ1v) is 3.40. The monoisotopic (exact) mass is 170 g/mol. The highest BCUT2D eigenvalue weighted by atomic mass is 16.6. The average Bonchev–Trinajstić information content (AvgIpc) is 2.52. The third-order valence-electron chi connectivity index (χ3n) is 1.23. The van der Waals surface area contributed by atoms with Gasteiger partial charge in [0.15, 0.2) is 0 Å². The summed E-state index contributed by atoms with van der Waals surface area (Å²) >= 11 is 0. The van der Waals surface area contributed by atoms with Crippen molar-refractivity contribution in [1.29, 1.82) is 0 Å². The standard InChI is InChI=1S/C6H10N4O2/c1-8-6(11)12-5-2-4(3-7)9-10-5/h2H,3,7H2,1H3,(H,8,11)(H,9,10). The molecule has 1 amide bonds. The van der Waals surface area contributed by atoms with E-state index in [2.05, 4.69) is 15.5 Å². The van der Waals surface area contributed by atoms with Crippen molar-refractivity contribution in [2.24, 2.45) is 5.73 Å². The molecule has 1 heterocycles. The lowest BCUT2D eigenvalue weighted by atomic mass is 10.4. The minimum atomic E-state index is -0.551. The van der Waals surface area contributed by atoms with Crippen LogP contribution in [0.3, 0.4) is 0 Å². The predicted octanol–water partition coefficient (Wildman–Crippen LogP) is -0.413. The van der Waals surface area contributed by atoms with Crippen molar-refractivity contribution in [3.63, 3.8) is 0 Å². The Balaban J connectivity index is 2.58. The maximum absolute atomic E-state index is 10.7. The minimum absolute atomic E-state index is 0.217. The normalized spacial score (nSPS) is 9.50. The molecular formula is C6H10N4O2. The molecule has 66 valence electrons. The Morgan fingerprint density at radius 3 is 3.17 bits per heavy atom. The molecule has 1 rings (SSSR count). The van der Waals surface area contributed by atoms with Gasteiger partial charge in [0, 0.05) is 19.7 Å².